The molecule has 0 heterocycles. The third kappa shape index (κ3) is 9.29. The van der Waals surface area contributed by atoms with E-state index in [-0.39, 0.29) is 0 Å². The number of phenolic OH excluding ortho intramolecular Hbond substituents is 1. The highest BCUT2D eigenvalue weighted by molar-refractivity contribution is 5.24. The molecule has 0 saturated heterocycles. The first-order chi connectivity index (χ1) is 7.06. The predicted octanol–water partition coefficient (Wildman–Crippen LogP) is 3.05. The van der Waals surface area contributed by atoms with Gasteiger partial charge in [0.25, 0.3) is 0 Å². The number of hydrogen-bond donors (Lipinski definition) is 1. The van der Waals surface area contributed by atoms with Gasteiger partial charge < -0.3 is 10.0 Å². The fourth-order valence-corrected chi connectivity index (χ4v) is 1.02. The minimum atomic E-state index is 0.329. The van der Waals surface area contributed by atoms with Crippen molar-refractivity contribution in [2.45, 2.75) is 26.7 Å². The number of unbranched alkanes of at least 4 members (excludes halogenated alkanes) is 1. The van der Waals surface area contributed by atoms with E-state index in [2.05, 4.69) is 25.9 Å². The maximum Gasteiger partial charge on any atom is 0.115 e. The summed E-state index contributed by atoms with van der Waals surface area (Å²) in [5.41, 5.74) is 1.17. The number of aryl methyl sites for hydroxylation is 1. The van der Waals surface area contributed by atoms with E-state index in [1.807, 2.05) is 19.1 Å². The van der Waals surface area contributed by atoms with Gasteiger partial charge in [-0.25, -0.2) is 0 Å². The van der Waals surface area contributed by atoms with Gasteiger partial charge in [0.2, 0.25) is 0 Å². The van der Waals surface area contributed by atoms with Crippen molar-refractivity contribution in [1.82, 2.24) is 4.90 Å². The first-order valence-electron chi connectivity index (χ1n) is 5.46. The molecule has 15 heavy (non-hydrogen) atoms. The molecule has 0 spiro atoms. The van der Waals surface area contributed by atoms with E-state index in [4.69, 9.17) is 5.11 Å². The standard InChI is InChI=1S/C7H8O.C6H15N/c1-6-2-4-7(8)5-3-6;1-4-5-6-7(2)3/h2-5,8H,1H3;4-6H2,1-3H3. The second-order valence-electron chi connectivity index (χ2n) is 3.99. The van der Waals surface area contributed by atoms with Gasteiger partial charge in [-0.05, 0) is 46.1 Å². The van der Waals surface area contributed by atoms with Gasteiger partial charge >= 0.3 is 0 Å². The minimum Gasteiger partial charge on any atom is -0.508 e. The molecule has 0 aromatic heterocycles. The number of hydrogen-bond acceptors (Lipinski definition) is 2. The average Bonchev–Trinajstić information content (AvgIpc) is 2.20. The van der Waals surface area contributed by atoms with Crippen molar-refractivity contribution in [3.63, 3.8) is 0 Å². The highest BCUT2D eigenvalue weighted by Crippen LogP contribution is 2.07. The summed E-state index contributed by atoms with van der Waals surface area (Å²) in [7, 11) is 4.21. The van der Waals surface area contributed by atoms with Crippen LogP contribution >= 0.6 is 0 Å². The summed E-state index contributed by atoms with van der Waals surface area (Å²) in [5, 5.41) is 8.76. The molecule has 1 aromatic carbocycles. The molecular formula is C13H23NO. The summed E-state index contributed by atoms with van der Waals surface area (Å²) in [4.78, 5) is 2.21. The minimum absolute atomic E-state index is 0.329. The van der Waals surface area contributed by atoms with E-state index in [0.717, 1.165) is 0 Å². The Morgan fingerprint density at radius 1 is 1.13 bits per heavy atom. The Bertz CT molecular complexity index is 220. The molecule has 0 saturated carbocycles. The Balaban J connectivity index is 0.000000265. The van der Waals surface area contributed by atoms with Crippen LogP contribution in [0.4, 0.5) is 0 Å². The maximum absolute atomic E-state index is 8.76. The molecular weight excluding hydrogens is 186 g/mol. The summed E-state index contributed by atoms with van der Waals surface area (Å²) >= 11 is 0. The van der Waals surface area contributed by atoms with Gasteiger partial charge in [0.1, 0.15) is 5.75 Å². The third-order valence-electron chi connectivity index (χ3n) is 1.99. The lowest BCUT2D eigenvalue weighted by Crippen LogP contribution is -2.12. The molecule has 1 rings (SSSR count). The van der Waals surface area contributed by atoms with Gasteiger partial charge in [0, 0.05) is 0 Å². The second kappa shape index (κ2) is 8.30. The largest absolute Gasteiger partial charge is 0.508 e. The van der Waals surface area contributed by atoms with E-state index in [1.54, 1.807) is 12.1 Å². The first-order valence-corrected chi connectivity index (χ1v) is 5.46. The quantitative estimate of drug-likeness (QED) is 0.827. The Morgan fingerprint density at radius 3 is 1.93 bits per heavy atom. The van der Waals surface area contributed by atoms with Gasteiger partial charge in [-0.2, -0.15) is 0 Å². The van der Waals surface area contributed by atoms with Crippen LogP contribution in [0, 0.1) is 6.92 Å². The predicted molar refractivity (Wildman–Crippen MR) is 66.3 cm³/mol. The van der Waals surface area contributed by atoms with Crippen molar-refractivity contribution in [3.8, 4) is 5.75 Å². The second-order valence-corrected chi connectivity index (χ2v) is 3.99. The molecule has 1 aromatic rings. The van der Waals surface area contributed by atoms with Crippen LogP contribution in [-0.2, 0) is 0 Å². The zero-order chi connectivity index (χ0) is 11.7. The lowest BCUT2D eigenvalue weighted by atomic mass is 10.2. The highest BCUT2D eigenvalue weighted by Gasteiger charge is 1.84. The SMILES string of the molecule is CCCCN(C)C.Cc1ccc(O)cc1. The Morgan fingerprint density at radius 2 is 1.67 bits per heavy atom. The van der Waals surface area contributed by atoms with Gasteiger partial charge in [-0.1, -0.05) is 31.0 Å². The van der Waals surface area contributed by atoms with Gasteiger partial charge in [-0.3, -0.25) is 0 Å². The molecule has 2 heteroatoms. The third-order valence-corrected chi connectivity index (χ3v) is 1.99. The fraction of sp³-hybridized carbons (Fsp3) is 0.538. The van der Waals surface area contributed by atoms with E-state index in [1.165, 1.54) is 24.9 Å². The molecule has 0 aliphatic rings. The van der Waals surface area contributed by atoms with E-state index in [0.29, 0.717) is 5.75 Å². The summed E-state index contributed by atoms with van der Waals surface area (Å²) in [6.07, 6.45) is 2.63. The zero-order valence-electron chi connectivity index (χ0n) is 10.3. The number of phenols is 1. The fourth-order valence-electron chi connectivity index (χ4n) is 1.02. The number of rotatable bonds is 3. The van der Waals surface area contributed by atoms with Gasteiger partial charge in [0.15, 0.2) is 0 Å². The Labute approximate surface area is 93.5 Å². The molecule has 0 radical (unpaired) electrons. The van der Waals surface area contributed by atoms with Crippen LogP contribution in [-0.4, -0.2) is 30.6 Å². The highest BCUT2D eigenvalue weighted by atomic mass is 16.3. The van der Waals surface area contributed by atoms with Crippen LogP contribution in [0.2, 0.25) is 0 Å². The molecule has 1 N–H and O–H groups in total. The molecule has 0 amide bonds. The summed E-state index contributed by atoms with van der Waals surface area (Å²) < 4.78 is 0. The smallest absolute Gasteiger partial charge is 0.115 e. The van der Waals surface area contributed by atoms with E-state index < -0.39 is 0 Å². The van der Waals surface area contributed by atoms with Crippen LogP contribution in [0.25, 0.3) is 0 Å². The topological polar surface area (TPSA) is 23.5 Å². The van der Waals surface area contributed by atoms with E-state index >= 15 is 0 Å². The monoisotopic (exact) mass is 209 g/mol. The van der Waals surface area contributed by atoms with Crippen LogP contribution in [0.1, 0.15) is 25.3 Å². The molecule has 0 fully saturated rings. The zero-order valence-corrected chi connectivity index (χ0v) is 10.3. The van der Waals surface area contributed by atoms with Crippen LogP contribution < -0.4 is 0 Å². The van der Waals surface area contributed by atoms with Crippen molar-refractivity contribution >= 4 is 0 Å². The summed E-state index contributed by atoms with van der Waals surface area (Å²) in [6, 6.07) is 7.09. The molecule has 86 valence electrons. The van der Waals surface area contributed by atoms with Gasteiger partial charge in [-0.15, -0.1) is 0 Å². The lowest BCUT2D eigenvalue weighted by molar-refractivity contribution is 0.398. The normalized spacial score (nSPS) is 9.67. The van der Waals surface area contributed by atoms with Crippen molar-refractivity contribution < 1.29 is 5.11 Å². The molecule has 0 aliphatic heterocycles. The maximum atomic E-state index is 8.76. The number of aromatic hydroxyl groups is 1. The molecule has 2 nitrogen and oxygen atoms in total. The van der Waals surface area contributed by atoms with Crippen molar-refractivity contribution in [3.05, 3.63) is 29.8 Å². The Kier molecular flexibility index (Phi) is 7.74. The molecule has 0 bridgehead atoms. The Hall–Kier alpha value is -1.02. The van der Waals surface area contributed by atoms with Gasteiger partial charge in [0.05, 0.1) is 0 Å². The van der Waals surface area contributed by atoms with Crippen molar-refractivity contribution in [1.29, 1.82) is 0 Å². The average molecular weight is 209 g/mol. The molecule has 0 aliphatic carbocycles. The van der Waals surface area contributed by atoms with Crippen LogP contribution in [0.15, 0.2) is 24.3 Å². The summed E-state index contributed by atoms with van der Waals surface area (Å²) in [5.74, 6) is 0.329. The number of nitrogens with zero attached hydrogens (tertiary/aromatic N) is 1. The van der Waals surface area contributed by atoms with Crippen LogP contribution in [0.3, 0.4) is 0 Å². The van der Waals surface area contributed by atoms with Crippen molar-refractivity contribution in [2.24, 2.45) is 0 Å². The first kappa shape index (κ1) is 14.0. The lowest BCUT2D eigenvalue weighted by Gasteiger charge is -2.05. The van der Waals surface area contributed by atoms with E-state index in [9.17, 15) is 0 Å². The van der Waals surface area contributed by atoms with Crippen LogP contribution in [0.5, 0.6) is 5.75 Å². The summed E-state index contributed by atoms with van der Waals surface area (Å²) in [6.45, 7) is 5.43. The molecule has 0 unspecified atom stereocenters. The van der Waals surface area contributed by atoms with Crippen molar-refractivity contribution in [2.75, 3.05) is 20.6 Å². The number of benzene rings is 1. The molecule has 0 atom stereocenters.